The average molecular weight is 296 g/mol. The number of unbranched alkanes of at least 4 members (excludes halogenated alkanes) is 2. The van der Waals surface area contributed by atoms with Crippen molar-refractivity contribution >= 4 is 9.92 Å². The van der Waals surface area contributed by atoms with E-state index in [-0.39, 0.29) is 0 Å². The van der Waals surface area contributed by atoms with E-state index in [0.717, 1.165) is 44.3 Å². The molecule has 0 aliphatic heterocycles. The Morgan fingerprint density at radius 1 is 1.05 bits per heavy atom. The molecular weight excluding hydrogens is 268 g/mol. The van der Waals surface area contributed by atoms with Crippen molar-refractivity contribution in [3.05, 3.63) is 35.9 Å². The molecule has 4 heteroatoms. The minimum Gasteiger partial charge on any atom is -0.234 e. The standard InChI is InChI=1S/C16H28N2OS/c1-4-6-13-18(14-7-5-2)20(3,19)17-15-16-11-9-8-10-12-16/h8-12H,4-7,13-15H2,1-3H3. The monoisotopic (exact) mass is 296 g/mol. The van der Waals surface area contributed by atoms with Crippen LogP contribution in [0, 0.1) is 0 Å². The van der Waals surface area contributed by atoms with E-state index < -0.39 is 9.92 Å². The second-order valence-electron chi connectivity index (χ2n) is 5.17. The summed E-state index contributed by atoms with van der Waals surface area (Å²) < 4.78 is 19.4. The summed E-state index contributed by atoms with van der Waals surface area (Å²) >= 11 is 0. The topological polar surface area (TPSA) is 32.7 Å². The van der Waals surface area contributed by atoms with Gasteiger partial charge in [0.05, 0.1) is 6.54 Å². The molecule has 3 nitrogen and oxygen atoms in total. The van der Waals surface area contributed by atoms with E-state index in [1.165, 1.54) is 0 Å². The Balaban J connectivity index is 2.76. The van der Waals surface area contributed by atoms with Gasteiger partial charge >= 0.3 is 0 Å². The van der Waals surface area contributed by atoms with Crippen molar-refractivity contribution in [1.29, 1.82) is 0 Å². The van der Waals surface area contributed by atoms with Gasteiger partial charge in [-0.15, -0.1) is 0 Å². The summed E-state index contributed by atoms with van der Waals surface area (Å²) in [7, 11) is -2.26. The van der Waals surface area contributed by atoms with Crippen LogP contribution in [0.1, 0.15) is 45.1 Å². The summed E-state index contributed by atoms with van der Waals surface area (Å²) in [5.41, 5.74) is 1.12. The molecule has 0 fully saturated rings. The Hall–Kier alpha value is -0.870. The van der Waals surface area contributed by atoms with Crippen LogP contribution in [0.25, 0.3) is 0 Å². The first-order valence-corrected chi connectivity index (χ1v) is 9.45. The fourth-order valence-corrected chi connectivity index (χ4v) is 3.47. The molecule has 0 heterocycles. The highest BCUT2D eigenvalue weighted by Gasteiger charge is 2.13. The molecule has 114 valence electrons. The molecule has 0 radical (unpaired) electrons. The molecule has 1 aromatic carbocycles. The van der Waals surface area contributed by atoms with Crippen molar-refractivity contribution in [3.63, 3.8) is 0 Å². The van der Waals surface area contributed by atoms with Crippen molar-refractivity contribution in [1.82, 2.24) is 4.31 Å². The van der Waals surface area contributed by atoms with Gasteiger partial charge in [-0.05, 0) is 18.4 Å². The zero-order valence-electron chi connectivity index (χ0n) is 13.0. The Kier molecular flexibility index (Phi) is 7.85. The van der Waals surface area contributed by atoms with Crippen LogP contribution in [0.15, 0.2) is 34.7 Å². The Morgan fingerprint density at radius 2 is 1.60 bits per heavy atom. The van der Waals surface area contributed by atoms with Crippen molar-refractivity contribution < 1.29 is 4.21 Å². The van der Waals surface area contributed by atoms with Gasteiger partial charge in [-0.1, -0.05) is 57.0 Å². The summed E-state index contributed by atoms with van der Waals surface area (Å²) in [5, 5.41) is 0. The van der Waals surface area contributed by atoms with Gasteiger partial charge in [-0.25, -0.2) is 12.9 Å². The minimum absolute atomic E-state index is 0.533. The second kappa shape index (κ2) is 9.14. The molecule has 1 unspecified atom stereocenters. The van der Waals surface area contributed by atoms with Crippen LogP contribution in [-0.4, -0.2) is 27.9 Å². The van der Waals surface area contributed by atoms with E-state index in [9.17, 15) is 4.21 Å². The highest BCUT2D eigenvalue weighted by Crippen LogP contribution is 2.10. The molecule has 0 bridgehead atoms. The third-order valence-electron chi connectivity index (χ3n) is 3.33. The lowest BCUT2D eigenvalue weighted by Gasteiger charge is -2.23. The molecule has 20 heavy (non-hydrogen) atoms. The molecule has 0 amide bonds. The third-order valence-corrected chi connectivity index (χ3v) is 5.26. The van der Waals surface area contributed by atoms with E-state index in [1.54, 1.807) is 6.26 Å². The lowest BCUT2D eigenvalue weighted by molar-refractivity contribution is 0.419. The molecule has 0 spiro atoms. The minimum atomic E-state index is -2.26. The molecule has 0 N–H and O–H groups in total. The number of rotatable bonds is 9. The van der Waals surface area contributed by atoms with Gasteiger partial charge in [0.2, 0.25) is 0 Å². The Morgan fingerprint density at radius 3 is 2.10 bits per heavy atom. The van der Waals surface area contributed by atoms with E-state index in [1.807, 2.05) is 30.3 Å². The average Bonchev–Trinajstić information content (AvgIpc) is 2.46. The van der Waals surface area contributed by atoms with Gasteiger partial charge in [0.15, 0.2) is 0 Å². The molecule has 0 aliphatic rings. The molecule has 0 saturated heterocycles. The number of hydrogen-bond acceptors (Lipinski definition) is 2. The molecule has 0 aromatic heterocycles. The van der Waals surface area contributed by atoms with E-state index >= 15 is 0 Å². The summed E-state index contributed by atoms with van der Waals surface area (Å²) in [6, 6.07) is 10.0. The molecule has 1 atom stereocenters. The van der Waals surface area contributed by atoms with Gasteiger partial charge in [-0.3, -0.25) is 0 Å². The van der Waals surface area contributed by atoms with Crippen molar-refractivity contribution in [2.45, 2.75) is 46.1 Å². The van der Waals surface area contributed by atoms with Crippen LogP contribution in [0.5, 0.6) is 0 Å². The van der Waals surface area contributed by atoms with E-state index in [2.05, 4.69) is 22.5 Å². The van der Waals surface area contributed by atoms with Crippen LogP contribution < -0.4 is 0 Å². The summed E-state index contributed by atoms with van der Waals surface area (Å²) in [6.45, 7) is 6.62. The van der Waals surface area contributed by atoms with Crippen LogP contribution in [0.3, 0.4) is 0 Å². The normalized spacial score (nSPS) is 14.2. The molecule has 1 aromatic rings. The van der Waals surface area contributed by atoms with Gasteiger partial charge < -0.3 is 0 Å². The number of hydrogen-bond donors (Lipinski definition) is 0. The molecular formula is C16H28N2OS. The van der Waals surface area contributed by atoms with E-state index in [4.69, 9.17) is 0 Å². The smallest absolute Gasteiger partial charge is 0.107 e. The molecule has 0 saturated carbocycles. The molecule has 1 rings (SSSR count). The predicted octanol–water partition coefficient (Wildman–Crippen LogP) is 4.10. The maximum atomic E-state index is 12.8. The maximum absolute atomic E-state index is 12.8. The zero-order chi connectivity index (χ0) is 14.8. The Labute approximate surface area is 124 Å². The third kappa shape index (κ3) is 6.06. The van der Waals surface area contributed by atoms with Gasteiger partial charge in [0, 0.05) is 19.3 Å². The lowest BCUT2D eigenvalue weighted by atomic mass is 10.2. The SMILES string of the molecule is CCCCN(CCCC)S(C)(=O)=NCc1ccccc1. The van der Waals surface area contributed by atoms with Crippen molar-refractivity contribution in [2.24, 2.45) is 4.36 Å². The first-order chi connectivity index (χ1) is 9.60. The van der Waals surface area contributed by atoms with Gasteiger partial charge in [-0.2, -0.15) is 0 Å². The quantitative estimate of drug-likeness (QED) is 0.675. The van der Waals surface area contributed by atoms with Crippen LogP contribution in [0.4, 0.5) is 0 Å². The fourth-order valence-electron chi connectivity index (χ4n) is 1.98. The van der Waals surface area contributed by atoms with Crippen LogP contribution in [0.2, 0.25) is 0 Å². The largest absolute Gasteiger partial charge is 0.234 e. The highest BCUT2D eigenvalue weighted by atomic mass is 32.2. The van der Waals surface area contributed by atoms with E-state index in [0.29, 0.717) is 6.54 Å². The number of benzene rings is 1. The van der Waals surface area contributed by atoms with Gasteiger partial charge in [0.25, 0.3) is 0 Å². The fraction of sp³-hybridized carbons (Fsp3) is 0.625. The predicted molar refractivity (Wildman–Crippen MR) is 88.0 cm³/mol. The van der Waals surface area contributed by atoms with Crippen LogP contribution >= 0.6 is 0 Å². The van der Waals surface area contributed by atoms with Crippen molar-refractivity contribution in [3.8, 4) is 0 Å². The Bertz CT molecular complexity index is 471. The maximum Gasteiger partial charge on any atom is 0.107 e. The summed E-state index contributed by atoms with van der Waals surface area (Å²) in [5.74, 6) is 0. The summed E-state index contributed by atoms with van der Waals surface area (Å²) in [6.07, 6.45) is 6.18. The number of nitrogens with zero attached hydrogens (tertiary/aromatic N) is 2. The van der Waals surface area contributed by atoms with Crippen molar-refractivity contribution in [2.75, 3.05) is 19.3 Å². The lowest BCUT2D eigenvalue weighted by Crippen LogP contribution is -2.32. The first-order valence-electron chi connectivity index (χ1n) is 7.57. The summed E-state index contributed by atoms with van der Waals surface area (Å²) in [4.78, 5) is 0. The zero-order valence-corrected chi connectivity index (χ0v) is 13.9. The highest BCUT2D eigenvalue weighted by molar-refractivity contribution is 7.90. The first kappa shape index (κ1) is 17.2. The van der Waals surface area contributed by atoms with Crippen LogP contribution in [-0.2, 0) is 16.5 Å². The van der Waals surface area contributed by atoms with Gasteiger partial charge in [0.1, 0.15) is 9.92 Å². The second-order valence-corrected chi connectivity index (χ2v) is 7.47. The molecule has 0 aliphatic carbocycles.